The van der Waals surface area contributed by atoms with Gasteiger partial charge in [0, 0.05) is 31.7 Å². The van der Waals surface area contributed by atoms with Crippen molar-refractivity contribution >= 4 is 22.8 Å². The summed E-state index contributed by atoms with van der Waals surface area (Å²) in [5, 5.41) is 14.6. The van der Waals surface area contributed by atoms with Crippen molar-refractivity contribution in [2.45, 2.75) is 57.5 Å². The third kappa shape index (κ3) is 3.61. The maximum absolute atomic E-state index is 13.0. The number of piperidine rings is 1. The van der Waals surface area contributed by atoms with E-state index in [4.69, 9.17) is 0 Å². The molecule has 7 heteroatoms. The summed E-state index contributed by atoms with van der Waals surface area (Å²) in [7, 11) is 0. The Morgan fingerprint density at radius 1 is 1.28 bits per heavy atom. The van der Waals surface area contributed by atoms with E-state index in [1.54, 1.807) is 6.33 Å². The van der Waals surface area contributed by atoms with Gasteiger partial charge in [-0.2, -0.15) is 0 Å². The Morgan fingerprint density at radius 2 is 2.10 bits per heavy atom. The highest BCUT2D eigenvalue weighted by Gasteiger charge is 2.55. The Labute approximate surface area is 171 Å². The van der Waals surface area contributed by atoms with Gasteiger partial charge in [-0.1, -0.05) is 19.3 Å². The monoisotopic (exact) mass is 397 g/mol. The fourth-order valence-corrected chi connectivity index (χ4v) is 5.54. The molecule has 2 aliphatic carbocycles. The summed E-state index contributed by atoms with van der Waals surface area (Å²) in [5.74, 6) is 1.49. The Morgan fingerprint density at radius 3 is 2.90 bits per heavy atom. The maximum atomic E-state index is 13.0. The van der Waals surface area contributed by atoms with E-state index >= 15 is 0 Å². The Kier molecular flexibility index (Phi) is 4.94. The van der Waals surface area contributed by atoms with Gasteiger partial charge in [-0.25, -0.2) is 9.97 Å². The molecule has 3 N–H and O–H groups in total. The van der Waals surface area contributed by atoms with E-state index in [1.165, 1.54) is 19.3 Å². The van der Waals surface area contributed by atoms with Crippen LogP contribution in [0.1, 0.15) is 51.4 Å². The van der Waals surface area contributed by atoms with Gasteiger partial charge in [-0.3, -0.25) is 4.79 Å². The molecule has 0 unspecified atom stereocenters. The number of amides is 1. The number of carbonyl (C=O) groups is 1. The molecule has 2 saturated carbocycles. The number of aromatic amines is 1. The van der Waals surface area contributed by atoms with E-state index in [0.717, 1.165) is 62.0 Å². The first-order valence-electron chi connectivity index (χ1n) is 11.2. The van der Waals surface area contributed by atoms with E-state index in [1.807, 2.05) is 12.3 Å². The van der Waals surface area contributed by atoms with Gasteiger partial charge in [-0.05, 0) is 49.5 Å². The number of aliphatic hydroxyl groups is 1. The lowest BCUT2D eigenvalue weighted by Crippen LogP contribution is -2.49. The number of rotatable bonds is 5. The number of carbonyl (C=O) groups excluding carboxylic acids is 1. The summed E-state index contributed by atoms with van der Waals surface area (Å²) < 4.78 is 0. The van der Waals surface area contributed by atoms with Gasteiger partial charge < -0.3 is 20.3 Å². The molecule has 0 radical (unpaired) electrons. The first-order chi connectivity index (χ1) is 14.2. The van der Waals surface area contributed by atoms with E-state index < -0.39 is 6.10 Å². The Balaban J connectivity index is 1.22. The highest BCUT2D eigenvalue weighted by atomic mass is 16.3. The number of hydrogen-bond acceptors (Lipinski definition) is 5. The molecule has 5 rings (SSSR count). The first kappa shape index (κ1) is 18.9. The molecule has 1 aliphatic heterocycles. The molecule has 1 saturated heterocycles. The molecular formula is C22H31N5O2. The van der Waals surface area contributed by atoms with Crippen molar-refractivity contribution < 1.29 is 9.90 Å². The van der Waals surface area contributed by atoms with Gasteiger partial charge in [0.05, 0.1) is 11.5 Å². The maximum Gasteiger partial charge on any atom is 0.223 e. The van der Waals surface area contributed by atoms with E-state index in [-0.39, 0.29) is 17.2 Å². The molecule has 1 amide bonds. The van der Waals surface area contributed by atoms with Crippen molar-refractivity contribution in [1.29, 1.82) is 0 Å². The molecule has 0 bridgehead atoms. The van der Waals surface area contributed by atoms with Gasteiger partial charge in [0.2, 0.25) is 5.91 Å². The van der Waals surface area contributed by atoms with Crippen LogP contribution in [0, 0.1) is 17.3 Å². The van der Waals surface area contributed by atoms with Gasteiger partial charge >= 0.3 is 0 Å². The number of nitrogens with zero attached hydrogens (tertiary/aromatic N) is 3. The zero-order valence-corrected chi connectivity index (χ0v) is 16.9. The average molecular weight is 398 g/mol. The van der Waals surface area contributed by atoms with Gasteiger partial charge in [0.25, 0.3) is 0 Å². The lowest BCUT2D eigenvalue weighted by atomic mass is 9.81. The highest BCUT2D eigenvalue weighted by Crippen LogP contribution is 2.56. The van der Waals surface area contributed by atoms with Crippen LogP contribution in [0.15, 0.2) is 18.6 Å². The van der Waals surface area contributed by atoms with Crippen molar-refractivity contribution in [2.24, 2.45) is 17.3 Å². The molecule has 2 atom stereocenters. The van der Waals surface area contributed by atoms with Crippen LogP contribution in [-0.2, 0) is 4.79 Å². The average Bonchev–Trinajstić information content (AvgIpc) is 3.34. The summed E-state index contributed by atoms with van der Waals surface area (Å²) in [5.41, 5.74) is 0.919. The second-order valence-electron chi connectivity index (χ2n) is 9.27. The third-order valence-electron chi connectivity index (χ3n) is 7.45. The van der Waals surface area contributed by atoms with Crippen molar-refractivity contribution in [3.63, 3.8) is 0 Å². The summed E-state index contributed by atoms with van der Waals surface area (Å²) in [6.45, 7) is 2.09. The zero-order valence-electron chi connectivity index (χ0n) is 16.9. The molecule has 1 spiro atoms. The molecule has 0 aromatic carbocycles. The fraction of sp³-hybridized carbons (Fsp3) is 0.682. The van der Waals surface area contributed by atoms with Crippen molar-refractivity contribution in [1.82, 2.24) is 20.3 Å². The fourth-order valence-electron chi connectivity index (χ4n) is 5.54. The predicted molar refractivity (Wildman–Crippen MR) is 111 cm³/mol. The number of nitrogens with one attached hydrogen (secondary N) is 2. The van der Waals surface area contributed by atoms with Crippen LogP contribution in [0.3, 0.4) is 0 Å². The molecule has 3 fully saturated rings. The number of aliphatic hydroxyl groups excluding tert-OH is 1. The van der Waals surface area contributed by atoms with E-state index in [2.05, 4.69) is 25.2 Å². The number of H-pyrrole nitrogens is 1. The van der Waals surface area contributed by atoms with Crippen molar-refractivity contribution in [3.05, 3.63) is 18.6 Å². The topological polar surface area (TPSA) is 94.1 Å². The van der Waals surface area contributed by atoms with Gasteiger partial charge in [0.15, 0.2) is 0 Å². The summed E-state index contributed by atoms with van der Waals surface area (Å²) in [6, 6.07) is 2.02. The molecule has 3 aliphatic rings. The smallest absolute Gasteiger partial charge is 0.223 e. The number of anilines is 1. The van der Waals surface area contributed by atoms with Crippen LogP contribution in [-0.4, -0.2) is 51.7 Å². The number of hydrogen-bond donors (Lipinski definition) is 3. The third-order valence-corrected chi connectivity index (χ3v) is 7.45. The standard InChI is InChI=1S/C22H31N5O2/c28-18(15-4-2-1-3-5-15)12-24-21(29)17-7-11-27(13-22(17)8-9-22)20-16-6-10-23-19(16)25-14-26-20/h6,10,14-15,17-18,28H,1-5,7-9,11-13H2,(H,24,29)(H,23,25,26)/t17-,18+/m1/s1. The summed E-state index contributed by atoms with van der Waals surface area (Å²) >= 11 is 0. The summed E-state index contributed by atoms with van der Waals surface area (Å²) in [4.78, 5) is 27.3. The second-order valence-corrected chi connectivity index (χ2v) is 9.27. The SMILES string of the molecule is O=C(NC[C@H](O)C1CCCCC1)[C@H]1CCN(c2ncnc3[nH]ccc23)CC12CC2. The van der Waals surface area contributed by atoms with Gasteiger partial charge in [-0.15, -0.1) is 0 Å². The minimum absolute atomic E-state index is 0.0425. The lowest BCUT2D eigenvalue weighted by Gasteiger charge is -2.39. The quantitative estimate of drug-likeness (QED) is 0.721. The minimum atomic E-state index is -0.405. The van der Waals surface area contributed by atoms with Crippen LogP contribution in [0.25, 0.3) is 11.0 Å². The molecule has 29 heavy (non-hydrogen) atoms. The van der Waals surface area contributed by atoms with Crippen LogP contribution in [0.5, 0.6) is 0 Å². The summed E-state index contributed by atoms with van der Waals surface area (Å²) in [6.07, 6.45) is 12.0. The highest BCUT2D eigenvalue weighted by molar-refractivity contribution is 5.87. The van der Waals surface area contributed by atoms with Crippen molar-refractivity contribution in [2.75, 3.05) is 24.5 Å². The Bertz CT molecular complexity index is 871. The molecule has 2 aromatic rings. The van der Waals surface area contributed by atoms with E-state index in [9.17, 15) is 9.90 Å². The van der Waals surface area contributed by atoms with Gasteiger partial charge in [0.1, 0.15) is 17.8 Å². The zero-order chi connectivity index (χ0) is 19.8. The molecule has 2 aromatic heterocycles. The molecule has 3 heterocycles. The largest absolute Gasteiger partial charge is 0.391 e. The van der Waals surface area contributed by atoms with Crippen LogP contribution < -0.4 is 10.2 Å². The molecule has 7 nitrogen and oxygen atoms in total. The van der Waals surface area contributed by atoms with Crippen molar-refractivity contribution in [3.8, 4) is 0 Å². The predicted octanol–water partition coefficient (Wildman–Crippen LogP) is 2.62. The minimum Gasteiger partial charge on any atom is -0.391 e. The first-order valence-corrected chi connectivity index (χ1v) is 11.2. The molecular weight excluding hydrogens is 366 g/mol. The second kappa shape index (κ2) is 7.59. The van der Waals surface area contributed by atoms with E-state index in [0.29, 0.717) is 12.5 Å². The number of fused-ring (bicyclic) bond motifs is 1. The van der Waals surface area contributed by atoms with Crippen LogP contribution in [0.4, 0.5) is 5.82 Å². The number of aromatic nitrogens is 3. The van der Waals surface area contributed by atoms with Crippen LogP contribution >= 0.6 is 0 Å². The van der Waals surface area contributed by atoms with Crippen LogP contribution in [0.2, 0.25) is 0 Å². The lowest BCUT2D eigenvalue weighted by molar-refractivity contribution is -0.128. The Hall–Kier alpha value is -2.15. The molecule has 156 valence electrons. The normalized spacial score (nSPS) is 25.3.